The lowest BCUT2D eigenvalue weighted by molar-refractivity contribution is -0.123. The molecule has 0 saturated carbocycles. The van der Waals surface area contributed by atoms with Crippen LogP contribution in [0.1, 0.15) is 42.7 Å². The van der Waals surface area contributed by atoms with E-state index in [1.165, 1.54) is 10.4 Å². The molecule has 0 aliphatic heterocycles. The minimum Gasteiger partial charge on any atom is -0.348 e. The SMILES string of the molecule is CCC(N)C(=O)NC1CCCc2sccc21. The Morgan fingerprint density at radius 3 is 3.31 bits per heavy atom. The number of hydrogen-bond acceptors (Lipinski definition) is 3. The zero-order valence-electron chi connectivity index (χ0n) is 9.53. The Morgan fingerprint density at radius 1 is 1.75 bits per heavy atom. The summed E-state index contributed by atoms with van der Waals surface area (Å²) in [6, 6.07) is 1.94. The third-order valence-corrected chi connectivity index (χ3v) is 4.14. The largest absolute Gasteiger partial charge is 0.348 e. The zero-order chi connectivity index (χ0) is 11.5. The third kappa shape index (κ3) is 2.28. The van der Waals surface area contributed by atoms with Crippen molar-refractivity contribution in [3.05, 3.63) is 21.9 Å². The molecule has 0 bridgehead atoms. The van der Waals surface area contributed by atoms with Gasteiger partial charge in [-0.2, -0.15) is 0 Å². The minimum absolute atomic E-state index is 0.0217. The molecule has 0 spiro atoms. The van der Waals surface area contributed by atoms with Crippen LogP contribution in [0.5, 0.6) is 0 Å². The minimum atomic E-state index is -0.371. The molecule has 3 N–H and O–H groups in total. The van der Waals surface area contributed by atoms with Crippen LogP contribution in [0.4, 0.5) is 0 Å². The Hall–Kier alpha value is -0.870. The first-order chi connectivity index (χ1) is 7.72. The Labute approximate surface area is 100 Å². The highest BCUT2D eigenvalue weighted by molar-refractivity contribution is 7.10. The molecule has 1 aromatic heterocycles. The first-order valence-corrected chi connectivity index (χ1v) is 6.72. The number of nitrogens with one attached hydrogen (secondary N) is 1. The summed E-state index contributed by atoms with van der Waals surface area (Å²) in [7, 11) is 0. The molecule has 1 heterocycles. The van der Waals surface area contributed by atoms with E-state index >= 15 is 0 Å². The van der Waals surface area contributed by atoms with E-state index in [0.29, 0.717) is 6.42 Å². The van der Waals surface area contributed by atoms with Crippen molar-refractivity contribution in [3.63, 3.8) is 0 Å². The van der Waals surface area contributed by atoms with E-state index in [0.717, 1.165) is 19.3 Å². The predicted molar refractivity (Wildman–Crippen MR) is 66.4 cm³/mol. The highest BCUT2D eigenvalue weighted by Gasteiger charge is 2.24. The second kappa shape index (κ2) is 4.97. The molecule has 0 radical (unpaired) electrons. The maximum atomic E-state index is 11.7. The number of fused-ring (bicyclic) bond motifs is 1. The Kier molecular flexibility index (Phi) is 3.61. The molecular weight excluding hydrogens is 220 g/mol. The van der Waals surface area contributed by atoms with Gasteiger partial charge in [-0.25, -0.2) is 0 Å². The average molecular weight is 238 g/mol. The summed E-state index contributed by atoms with van der Waals surface area (Å²) in [5, 5.41) is 5.16. The summed E-state index contributed by atoms with van der Waals surface area (Å²) in [5.74, 6) is -0.0217. The van der Waals surface area contributed by atoms with E-state index in [9.17, 15) is 4.79 Å². The maximum Gasteiger partial charge on any atom is 0.237 e. The number of rotatable bonds is 3. The number of thiophene rings is 1. The predicted octanol–water partition coefficient (Wildman–Crippen LogP) is 1.98. The number of aryl methyl sites for hydroxylation is 1. The number of carbonyl (C=O) groups excluding carboxylic acids is 1. The zero-order valence-corrected chi connectivity index (χ0v) is 10.3. The van der Waals surface area contributed by atoms with Crippen LogP contribution in [0.3, 0.4) is 0 Å². The van der Waals surface area contributed by atoms with Crippen LogP contribution in [0.25, 0.3) is 0 Å². The lowest BCUT2D eigenvalue weighted by Crippen LogP contribution is -2.42. The second-order valence-electron chi connectivity index (χ2n) is 4.27. The smallest absolute Gasteiger partial charge is 0.237 e. The second-order valence-corrected chi connectivity index (χ2v) is 5.27. The molecule has 1 aliphatic carbocycles. The van der Waals surface area contributed by atoms with Crippen molar-refractivity contribution >= 4 is 17.2 Å². The normalized spacial score (nSPS) is 21.2. The summed E-state index contributed by atoms with van der Waals surface area (Å²) in [5.41, 5.74) is 7.02. The summed E-state index contributed by atoms with van der Waals surface area (Å²) < 4.78 is 0. The van der Waals surface area contributed by atoms with Gasteiger partial charge in [0.1, 0.15) is 0 Å². The van der Waals surface area contributed by atoms with Crippen LogP contribution in [-0.2, 0) is 11.2 Å². The first-order valence-electron chi connectivity index (χ1n) is 5.84. The lowest BCUT2D eigenvalue weighted by Gasteiger charge is -2.24. The van der Waals surface area contributed by atoms with Crippen LogP contribution in [-0.4, -0.2) is 11.9 Å². The number of nitrogens with two attached hydrogens (primary N) is 1. The van der Waals surface area contributed by atoms with Gasteiger partial charge in [-0.15, -0.1) is 11.3 Å². The van der Waals surface area contributed by atoms with Crippen LogP contribution < -0.4 is 11.1 Å². The highest BCUT2D eigenvalue weighted by Crippen LogP contribution is 2.33. The molecular formula is C12H18N2OS. The standard InChI is InChI=1S/C12H18N2OS/c1-2-9(13)12(15)14-10-4-3-5-11-8(10)6-7-16-11/h6-7,9-10H,2-5,13H2,1H3,(H,14,15). The number of hydrogen-bond donors (Lipinski definition) is 2. The van der Waals surface area contributed by atoms with Crippen molar-refractivity contribution in [2.45, 2.75) is 44.7 Å². The van der Waals surface area contributed by atoms with E-state index in [1.807, 2.05) is 6.92 Å². The van der Waals surface area contributed by atoms with Gasteiger partial charge in [-0.1, -0.05) is 6.92 Å². The summed E-state index contributed by atoms with van der Waals surface area (Å²) >= 11 is 1.79. The summed E-state index contributed by atoms with van der Waals surface area (Å²) in [6.45, 7) is 1.93. The molecule has 0 saturated heterocycles. The van der Waals surface area contributed by atoms with Gasteiger partial charge < -0.3 is 11.1 Å². The molecule has 2 atom stereocenters. The van der Waals surface area contributed by atoms with Crippen molar-refractivity contribution in [1.29, 1.82) is 0 Å². The topological polar surface area (TPSA) is 55.1 Å². The van der Waals surface area contributed by atoms with E-state index in [-0.39, 0.29) is 18.0 Å². The highest BCUT2D eigenvalue weighted by atomic mass is 32.1. The van der Waals surface area contributed by atoms with Gasteiger partial charge in [-0.3, -0.25) is 4.79 Å². The van der Waals surface area contributed by atoms with Gasteiger partial charge in [0.05, 0.1) is 12.1 Å². The van der Waals surface area contributed by atoms with Crippen molar-refractivity contribution < 1.29 is 4.79 Å². The molecule has 3 nitrogen and oxygen atoms in total. The van der Waals surface area contributed by atoms with E-state index < -0.39 is 0 Å². The fourth-order valence-electron chi connectivity index (χ4n) is 2.10. The van der Waals surface area contributed by atoms with Gasteiger partial charge in [0.25, 0.3) is 0 Å². The van der Waals surface area contributed by atoms with Crippen LogP contribution in [0, 0.1) is 0 Å². The van der Waals surface area contributed by atoms with Crippen molar-refractivity contribution in [1.82, 2.24) is 5.32 Å². The Balaban J connectivity index is 2.05. The summed E-state index contributed by atoms with van der Waals surface area (Å²) in [6.07, 6.45) is 4.03. The van der Waals surface area contributed by atoms with Gasteiger partial charge in [0.15, 0.2) is 0 Å². The Morgan fingerprint density at radius 2 is 2.56 bits per heavy atom. The van der Waals surface area contributed by atoms with Gasteiger partial charge in [0.2, 0.25) is 5.91 Å². The monoisotopic (exact) mass is 238 g/mol. The van der Waals surface area contributed by atoms with Crippen LogP contribution >= 0.6 is 11.3 Å². The first kappa shape index (κ1) is 11.6. The molecule has 88 valence electrons. The molecule has 4 heteroatoms. The van der Waals surface area contributed by atoms with Gasteiger partial charge in [0, 0.05) is 4.88 Å². The molecule has 1 aliphatic rings. The van der Waals surface area contributed by atoms with Crippen molar-refractivity contribution in [3.8, 4) is 0 Å². The van der Waals surface area contributed by atoms with Crippen molar-refractivity contribution in [2.75, 3.05) is 0 Å². The number of carbonyl (C=O) groups is 1. The quantitative estimate of drug-likeness (QED) is 0.846. The molecule has 1 aromatic rings. The molecule has 0 fully saturated rings. The molecule has 2 rings (SSSR count). The van der Waals surface area contributed by atoms with Crippen LogP contribution in [0.2, 0.25) is 0 Å². The molecule has 2 unspecified atom stereocenters. The fourth-order valence-corrected chi connectivity index (χ4v) is 3.09. The van der Waals surface area contributed by atoms with E-state index in [1.54, 1.807) is 11.3 Å². The average Bonchev–Trinajstić information content (AvgIpc) is 2.77. The van der Waals surface area contributed by atoms with E-state index in [2.05, 4.69) is 16.8 Å². The van der Waals surface area contributed by atoms with Crippen LogP contribution in [0.15, 0.2) is 11.4 Å². The fraction of sp³-hybridized carbons (Fsp3) is 0.583. The maximum absolute atomic E-state index is 11.7. The molecule has 16 heavy (non-hydrogen) atoms. The molecule has 0 aromatic carbocycles. The third-order valence-electron chi connectivity index (χ3n) is 3.15. The summed E-state index contributed by atoms with van der Waals surface area (Å²) in [4.78, 5) is 13.2. The number of amides is 1. The lowest BCUT2D eigenvalue weighted by atomic mass is 9.94. The van der Waals surface area contributed by atoms with E-state index in [4.69, 9.17) is 5.73 Å². The molecule has 1 amide bonds. The van der Waals surface area contributed by atoms with Gasteiger partial charge in [-0.05, 0) is 42.7 Å². The van der Waals surface area contributed by atoms with Gasteiger partial charge >= 0.3 is 0 Å². The Bertz CT molecular complexity index is 375. The van der Waals surface area contributed by atoms with Crippen molar-refractivity contribution in [2.24, 2.45) is 5.73 Å².